The maximum absolute atomic E-state index is 13.9. The summed E-state index contributed by atoms with van der Waals surface area (Å²) in [5, 5.41) is 62.6. The van der Waals surface area contributed by atoms with Gasteiger partial charge in [-0.25, -0.2) is 19.4 Å². The van der Waals surface area contributed by atoms with Crippen LogP contribution in [-0.4, -0.2) is 145 Å². The second-order valence-electron chi connectivity index (χ2n) is 17.7. The van der Waals surface area contributed by atoms with Crippen LogP contribution in [0.4, 0.5) is 10.5 Å². The smallest absolute Gasteiger partial charge is 0.407 e. The molecule has 5 aliphatic heterocycles. The number of esters is 1. The molecule has 0 aliphatic carbocycles. The van der Waals surface area contributed by atoms with Crippen LogP contribution in [0.3, 0.4) is 0 Å². The summed E-state index contributed by atoms with van der Waals surface area (Å²) in [4.78, 5) is 119. The van der Waals surface area contributed by atoms with Crippen molar-refractivity contribution in [2.45, 2.75) is 88.8 Å². The number of cyclic esters (lactones) is 1. The highest BCUT2D eigenvalue weighted by Crippen LogP contribution is 2.43. The number of rotatable bonds is 17. The lowest BCUT2D eigenvalue weighted by Crippen LogP contribution is -2.61. The summed E-state index contributed by atoms with van der Waals surface area (Å²) in [6, 6.07) is 8.77. The third-order valence-electron chi connectivity index (χ3n) is 13.0. The number of imide groups is 1. The molecule has 6 amide bonds. The second kappa shape index (κ2) is 20.8. The van der Waals surface area contributed by atoms with Crippen LogP contribution in [-0.2, 0) is 79.7 Å². The van der Waals surface area contributed by atoms with Crippen molar-refractivity contribution in [3.05, 3.63) is 86.7 Å². The van der Waals surface area contributed by atoms with Crippen LogP contribution in [0.25, 0.3) is 22.3 Å². The van der Waals surface area contributed by atoms with E-state index in [-0.39, 0.29) is 87.0 Å². The number of aromatic nitrogens is 2. The topological polar surface area (TPSA) is 379 Å². The van der Waals surface area contributed by atoms with Gasteiger partial charge >= 0.3 is 18.0 Å². The fraction of sp³-hybridized carbons (Fsp3) is 0.375. The Morgan fingerprint density at radius 1 is 0.853 bits per heavy atom. The number of carboxylic acid groups (broad SMARTS) is 1. The SMILES string of the molecule is CC[C@@]1(O)C(=O)OCc2c1cc1n(c2=O)Cc2c-1nc1cc3c(cc1c2CNC(=O)CNC(=O)OCc1ccc(O[C@@H]2OC(C(=O)O)[C@@H](O)[C@H](O)C2O)c(NC(=O)CCNC(=O)CCN2C(=O)C=CC2=O)c1)OCO3. The Labute approximate surface area is 421 Å². The lowest BCUT2D eigenvalue weighted by Gasteiger charge is -2.38. The van der Waals surface area contributed by atoms with Crippen LogP contribution in [0, 0.1) is 0 Å². The number of fused-ring (bicyclic) bond motifs is 6. The van der Waals surface area contributed by atoms with E-state index in [1.807, 2.05) is 0 Å². The van der Waals surface area contributed by atoms with Gasteiger partial charge < -0.3 is 79.8 Å². The average Bonchev–Trinajstić information content (AvgIpc) is 4.12. The van der Waals surface area contributed by atoms with Gasteiger partial charge in [0.25, 0.3) is 17.4 Å². The average molecular weight is 1040 g/mol. The van der Waals surface area contributed by atoms with Gasteiger partial charge in [0.05, 0.1) is 34.7 Å². The summed E-state index contributed by atoms with van der Waals surface area (Å²) in [5.74, 6) is -5.05. The number of amides is 6. The van der Waals surface area contributed by atoms with Crippen LogP contribution in [0.15, 0.2) is 53.3 Å². The summed E-state index contributed by atoms with van der Waals surface area (Å²) in [6.07, 6.45) is -9.46. The van der Waals surface area contributed by atoms with E-state index in [0.717, 1.165) is 17.1 Å². The molecule has 0 saturated carbocycles. The van der Waals surface area contributed by atoms with E-state index in [4.69, 9.17) is 33.4 Å². The second-order valence-corrected chi connectivity index (χ2v) is 17.7. The number of alkyl carbamates (subject to hydrolysis) is 1. The standard InChI is InChI=1S/C48H47N7O20/c1-2-48(69)26-13-29-38-24(17-55(29)43(64)25(26)19-70-46(48)67)23(22-12-31-32(73-20-72-31)14-27(22)53-38)15-50-35(58)16-51-47(68)71-18-21-3-4-30(74-45-41(63)39(61)40(62)42(75-45)44(65)66)28(11-21)52-34(57)7-9-49-33(56)8-10-54-36(59)5-6-37(54)60/h3-6,11-14,39-42,45,61-63,69H,2,7-10,15-20H2,1H3,(H,49,56)(H,50,58)(H,51,68)(H,52,57)(H,65,66)/t39-,40-,41?,42?,45+,48-/m0/s1. The Morgan fingerprint density at radius 2 is 1.60 bits per heavy atom. The highest BCUT2D eigenvalue weighted by atomic mass is 16.7. The van der Waals surface area contributed by atoms with Gasteiger partial charge in [0.15, 0.2) is 23.2 Å². The van der Waals surface area contributed by atoms with Crippen LogP contribution in [0.2, 0.25) is 0 Å². The van der Waals surface area contributed by atoms with E-state index in [2.05, 4.69) is 21.3 Å². The summed E-state index contributed by atoms with van der Waals surface area (Å²) in [5.41, 5.74) is -0.00664. The molecule has 9 N–H and O–H groups in total. The molecule has 394 valence electrons. The molecule has 27 heteroatoms. The molecule has 6 atom stereocenters. The van der Waals surface area contributed by atoms with Gasteiger partial charge in [-0.1, -0.05) is 13.0 Å². The van der Waals surface area contributed by atoms with Crippen molar-refractivity contribution < 1.29 is 92.3 Å². The number of aliphatic carboxylic acids is 1. The van der Waals surface area contributed by atoms with E-state index < -0.39 is 103 Å². The first kappa shape index (κ1) is 51.4. The Morgan fingerprint density at radius 3 is 2.33 bits per heavy atom. The zero-order chi connectivity index (χ0) is 53.5. The fourth-order valence-electron chi connectivity index (χ4n) is 8.98. The van der Waals surface area contributed by atoms with Crippen molar-refractivity contribution in [2.75, 3.05) is 31.7 Å². The third-order valence-corrected chi connectivity index (χ3v) is 13.0. The van der Waals surface area contributed by atoms with Crippen molar-refractivity contribution in [1.82, 2.24) is 30.4 Å². The van der Waals surface area contributed by atoms with Crippen LogP contribution < -0.4 is 41.0 Å². The number of anilines is 1. The molecule has 2 aromatic carbocycles. The number of pyridine rings is 2. The quantitative estimate of drug-likeness (QED) is 0.0373. The number of aliphatic hydroxyl groups excluding tert-OH is 3. The van der Waals surface area contributed by atoms with Crippen molar-refractivity contribution in [3.8, 4) is 28.6 Å². The van der Waals surface area contributed by atoms with Gasteiger partial charge in [-0.15, -0.1) is 0 Å². The maximum Gasteiger partial charge on any atom is 0.407 e. The number of nitrogens with one attached hydrogen (secondary N) is 4. The first-order valence-corrected chi connectivity index (χ1v) is 23.3. The van der Waals surface area contributed by atoms with Crippen molar-refractivity contribution in [2.24, 2.45) is 0 Å². The number of ether oxygens (including phenoxy) is 6. The molecule has 0 bridgehead atoms. The zero-order valence-corrected chi connectivity index (χ0v) is 39.5. The number of benzene rings is 2. The third kappa shape index (κ3) is 10.1. The molecular formula is C48H47N7O20. The Kier molecular flexibility index (Phi) is 14.2. The minimum Gasteiger partial charge on any atom is -0.479 e. The summed E-state index contributed by atoms with van der Waals surface area (Å²) in [7, 11) is 0. The van der Waals surface area contributed by atoms with E-state index in [1.54, 1.807) is 25.1 Å². The monoisotopic (exact) mass is 1040 g/mol. The largest absolute Gasteiger partial charge is 0.479 e. The number of nitrogens with zero attached hydrogens (tertiary/aromatic N) is 3. The number of carboxylic acids is 1. The molecule has 7 heterocycles. The molecule has 2 unspecified atom stereocenters. The predicted octanol–water partition coefficient (Wildman–Crippen LogP) is -1.62. The number of aliphatic hydroxyl groups is 4. The molecule has 0 radical (unpaired) electrons. The minimum absolute atomic E-state index is 0.0149. The van der Waals surface area contributed by atoms with E-state index in [0.29, 0.717) is 44.9 Å². The maximum atomic E-state index is 13.9. The zero-order valence-electron chi connectivity index (χ0n) is 39.5. The van der Waals surface area contributed by atoms with Crippen molar-refractivity contribution in [3.63, 3.8) is 0 Å². The van der Waals surface area contributed by atoms with Crippen molar-refractivity contribution in [1.29, 1.82) is 0 Å². The first-order chi connectivity index (χ1) is 35.8. The molecule has 1 fully saturated rings. The van der Waals surface area contributed by atoms with E-state index in [9.17, 15) is 68.7 Å². The Bertz CT molecular complexity index is 3160. The summed E-state index contributed by atoms with van der Waals surface area (Å²) in [6.45, 7) is -0.339. The highest BCUT2D eigenvalue weighted by Gasteiger charge is 2.49. The molecule has 5 aliphatic rings. The number of hydrogen-bond donors (Lipinski definition) is 9. The number of carbonyl (C=O) groups excluding carboxylic acids is 7. The van der Waals surface area contributed by atoms with Gasteiger partial charge in [-0.2, -0.15) is 0 Å². The minimum atomic E-state index is -2.06. The normalized spacial score (nSPS) is 22.0. The first-order valence-electron chi connectivity index (χ1n) is 23.3. The van der Waals surface area contributed by atoms with Crippen LogP contribution in [0.5, 0.6) is 17.2 Å². The molecular weight excluding hydrogens is 995 g/mol. The molecule has 9 rings (SSSR count). The van der Waals surface area contributed by atoms with Gasteiger partial charge in [0.1, 0.15) is 43.8 Å². The molecule has 2 aromatic heterocycles. The lowest BCUT2D eigenvalue weighted by atomic mass is 9.86. The molecule has 4 aromatic rings. The van der Waals surface area contributed by atoms with Crippen molar-refractivity contribution >= 4 is 64.2 Å². The predicted molar refractivity (Wildman–Crippen MR) is 249 cm³/mol. The Hall–Kier alpha value is -8.50. The number of carbonyl (C=O) groups is 8. The molecule has 27 nitrogen and oxygen atoms in total. The van der Waals surface area contributed by atoms with E-state index in [1.165, 1.54) is 22.8 Å². The van der Waals surface area contributed by atoms with Gasteiger partial charge in [0, 0.05) is 67.2 Å². The van der Waals surface area contributed by atoms with Crippen LogP contribution in [0.1, 0.15) is 54.0 Å². The lowest BCUT2D eigenvalue weighted by molar-refractivity contribution is -0.271. The molecule has 1 saturated heterocycles. The molecule has 75 heavy (non-hydrogen) atoms. The van der Waals surface area contributed by atoms with Crippen LogP contribution >= 0.6 is 0 Å². The molecule has 0 spiro atoms. The summed E-state index contributed by atoms with van der Waals surface area (Å²) < 4.78 is 34.1. The summed E-state index contributed by atoms with van der Waals surface area (Å²) >= 11 is 0. The number of hydrogen-bond acceptors (Lipinski definition) is 20. The fourth-order valence-corrected chi connectivity index (χ4v) is 8.98. The van der Waals surface area contributed by atoms with Gasteiger partial charge in [0.2, 0.25) is 30.8 Å². The van der Waals surface area contributed by atoms with Gasteiger partial charge in [-0.3, -0.25) is 33.7 Å². The Balaban J connectivity index is 0.852. The highest BCUT2D eigenvalue weighted by molar-refractivity contribution is 6.13. The van der Waals surface area contributed by atoms with E-state index >= 15 is 0 Å². The van der Waals surface area contributed by atoms with Gasteiger partial charge in [-0.05, 0) is 41.8 Å².